The minimum absolute atomic E-state index is 0.102. The summed E-state index contributed by atoms with van der Waals surface area (Å²) in [6, 6.07) is 10.6. The van der Waals surface area contributed by atoms with Crippen molar-refractivity contribution in [2.24, 2.45) is 0 Å². The van der Waals surface area contributed by atoms with Gasteiger partial charge < -0.3 is 4.90 Å². The molecular formula is C18H21FN2O. The molecule has 0 N–H and O–H groups in total. The number of likely N-dealkylation sites (N-methyl/N-ethyl adjacent to an activating group) is 1. The molecule has 1 aromatic carbocycles. The Morgan fingerprint density at radius 3 is 2.59 bits per heavy atom. The number of aromatic nitrogens is 1. The first kappa shape index (κ1) is 16.1. The van der Waals surface area contributed by atoms with Gasteiger partial charge in [-0.15, -0.1) is 0 Å². The predicted molar refractivity (Wildman–Crippen MR) is 84.9 cm³/mol. The van der Waals surface area contributed by atoms with Crippen molar-refractivity contribution in [1.82, 2.24) is 9.88 Å². The van der Waals surface area contributed by atoms with Gasteiger partial charge in [-0.1, -0.05) is 18.2 Å². The van der Waals surface area contributed by atoms with Gasteiger partial charge in [0.1, 0.15) is 5.82 Å². The molecule has 22 heavy (non-hydrogen) atoms. The molecule has 0 saturated carbocycles. The summed E-state index contributed by atoms with van der Waals surface area (Å²) in [5.41, 5.74) is 1.84. The van der Waals surface area contributed by atoms with Crippen molar-refractivity contribution in [1.29, 1.82) is 0 Å². The molecule has 0 spiro atoms. The quantitative estimate of drug-likeness (QED) is 0.786. The van der Waals surface area contributed by atoms with E-state index in [-0.39, 0.29) is 11.7 Å². The molecular weight excluding hydrogens is 279 g/mol. The number of carbonyl (C=O) groups excluding carboxylic acids is 1. The molecule has 0 aliphatic rings. The molecule has 116 valence electrons. The van der Waals surface area contributed by atoms with Crippen LogP contribution in [-0.2, 0) is 17.6 Å². The molecule has 1 heterocycles. The van der Waals surface area contributed by atoms with Crippen molar-refractivity contribution in [2.45, 2.75) is 25.7 Å². The van der Waals surface area contributed by atoms with E-state index in [1.807, 2.05) is 25.2 Å². The van der Waals surface area contributed by atoms with Gasteiger partial charge in [-0.25, -0.2) is 4.39 Å². The van der Waals surface area contributed by atoms with E-state index in [4.69, 9.17) is 0 Å². The van der Waals surface area contributed by atoms with E-state index in [1.165, 1.54) is 11.6 Å². The van der Waals surface area contributed by atoms with Gasteiger partial charge in [-0.2, -0.15) is 0 Å². The fraction of sp³-hybridized carbons (Fsp3) is 0.333. The van der Waals surface area contributed by atoms with E-state index in [9.17, 15) is 9.18 Å². The first-order valence-corrected chi connectivity index (χ1v) is 7.53. The van der Waals surface area contributed by atoms with E-state index in [2.05, 4.69) is 4.98 Å². The van der Waals surface area contributed by atoms with Crippen LogP contribution in [0.1, 0.15) is 24.0 Å². The SMILES string of the molecule is CN(CCc1ccncc1)C(=O)CCCc1ccccc1F. The van der Waals surface area contributed by atoms with E-state index < -0.39 is 0 Å². The van der Waals surface area contributed by atoms with Gasteiger partial charge in [0.05, 0.1) is 0 Å². The van der Waals surface area contributed by atoms with E-state index in [0.29, 0.717) is 31.4 Å². The average molecular weight is 300 g/mol. The maximum atomic E-state index is 13.5. The normalized spacial score (nSPS) is 10.5. The number of rotatable bonds is 7. The molecule has 0 atom stereocenters. The molecule has 1 aromatic heterocycles. The van der Waals surface area contributed by atoms with E-state index >= 15 is 0 Å². The summed E-state index contributed by atoms with van der Waals surface area (Å²) in [6.07, 6.45) is 6.03. The van der Waals surface area contributed by atoms with Crippen LogP contribution in [0, 0.1) is 5.82 Å². The summed E-state index contributed by atoms with van der Waals surface area (Å²) < 4.78 is 13.5. The molecule has 1 amide bonds. The first-order chi connectivity index (χ1) is 10.7. The van der Waals surface area contributed by atoms with E-state index in [1.54, 1.807) is 29.4 Å². The minimum Gasteiger partial charge on any atom is -0.345 e. The highest BCUT2D eigenvalue weighted by atomic mass is 19.1. The summed E-state index contributed by atoms with van der Waals surface area (Å²) in [7, 11) is 1.81. The van der Waals surface area contributed by atoms with Crippen molar-refractivity contribution < 1.29 is 9.18 Å². The number of halogens is 1. The Morgan fingerprint density at radius 2 is 1.86 bits per heavy atom. The topological polar surface area (TPSA) is 33.2 Å². The summed E-state index contributed by atoms with van der Waals surface area (Å²) in [5.74, 6) is -0.0913. The molecule has 0 radical (unpaired) electrons. The highest BCUT2D eigenvalue weighted by Gasteiger charge is 2.09. The Bertz CT molecular complexity index is 601. The third kappa shape index (κ3) is 4.95. The number of hydrogen-bond acceptors (Lipinski definition) is 2. The molecule has 2 aromatic rings. The van der Waals surface area contributed by atoms with Crippen molar-refractivity contribution >= 4 is 5.91 Å². The van der Waals surface area contributed by atoms with Crippen LogP contribution < -0.4 is 0 Å². The Hall–Kier alpha value is -2.23. The number of carbonyl (C=O) groups is 1. The standard InChI is InChI=1S/C18H21FN2O/c1-21(14-11-15-9-12-20-13-10-15)18(22)8-4-6-16-5-2-3-7-17(16)19/h2-3,5,7,9-10,12-13H,4,6,8,11,14H2,1H3. The fourth-order valence-corrected chi connectivity index (χ4v) is 2.29. The largest absolute Gasteiger partial charge is 0.345 e. The van der Waals surface area contributed by atoms with Gasteiger partial charge in [0, 0.05) is 32.4 Å². The Kier molecular flexibility index (Phi) is 6.07. The smallest absolute Gasteiger partial charge is 0.222 e. The van der Waals surface area contributed by atoms with Crippen LogP contribution in [0.25, 0.3) is 0 Å². The van der Waals surface area contributed by atoms with Crippen molar-refractivity contribution in [3.8, 4) is 0 Å². The van der Waals surface area contributed by atoms with Crippen molar-refractivity contribution in [3.63, 3.8) is 0 Å². The molecule has 4 heteroatoms. The second-order valence-corrected chi connectivity index (χ2v) is 5.37. The van der Waals surface area contributed by atoms with Crippen LogP contribution in [0.4, 0.5) is 4.39 Å². The zero-order chi connectivity index (χ0) is 15.8. The van der Waals surface area contributed by atoms with E-state index in [0.717, 1.165) is 6.42 Å². The van der Waals surface area contributed by atoms with Gasteiger partial charge in [0.15, 0.2) is 0 Å². The number of benzene rings is 1. The number of hydrogen-bond donors (Lipinski definition) is 0. The lowest BCUT2D eigenvalue weighted by Crippen LogP contribution is -2.28. The molecule has 0 bridgehead atoms. The molecule has 0 aliphatic carbocycles. The zero-order valence-corrected chi connectivity index (χ0v) is 12.8. The lowest BCUT2D eigenvalue weighted by molar-refractivity contribution is -0.129. The molecule has 0 aliphatic heterocycles. The van der Waals surface area contributed by atoms with Crippen LogP contribution in [-0.4, -0.2) is 29.4 Å². The Balaban J connectivity index is 1.71. The maximum Gasteiger partial charge on any atom is 0.222 e. The van der Waals surface area contributed by atoms with Gasteiger partial charge in [-0.05, 0) is 48.6 Å². The van der Waals surface area contributed by atoms with Crippen LogP contribution in [0.3, 0.4) is 0 Å². The van der Waals surface area contributed by atoms with Crippen LogP contribution in [0.2, 0.25) is 0 Å². The van der Waals surface area contributed by atoms with Gasteiger partial charge in [0.2, 0.25) is 5.91 Å². The Morgan fingerprint density at radius 1 is 1.14 bits per heavy atom. The van der Waals surface area contributed by atoms with Gasteiger partial charge >= 0.3 is 0 Å². The number of amides is 1. The minimum atomic E-state index is -0.194. The highest BCUT2D eigenvalue weighted by Crippen LogP contribution is 2.11. The van der Waals surface area contributed by atoms with Crippen molar-refractivity contribution in [3.05, 3.63) is 65.7 Å². The second kappa shape index (κ2) is 8.27. The summed E-state index contributed by atoms with van der Waals surface area (Å²) in [4.78, 5) is 17.8. The third-order valence-corrected chi connectivity index (χ3v) is 3.71. The van der Waals surface area contributed by atoms with Crippen LogP contribution >= 0.6 is 0 Å². The summed E-state index contributed by atoms with van der Waals surface area (Å²) >= 11 is 0. The van der Waals surface area contributed by atoms with Crippen molar-refractivity contribution in [2.75, 3.05) is 13.6 Å². The fourth-order valence-electron chi connectivity index (χ4n) is 2.29. The lowest BCUT2D eigenvalue weighted by atomic mass is 10.1. The molecule has 0 saturated heterocycles. The summed E-state index contributed by atoms with van der Waals surface area (Å²) in [6.45, 7) is 0.683. The maximum absolute atomic E-state index is 13.5. The molecule has 2 rings (SSSR count). The lowest BCUT2D eigenvalue weighted by Gasteiger charge is -2.17. The molecule has 0 unspecified atom stereocenters. The average Bonchev–Trinajstić information content (AvgIpc) is 2.55. The summed E-state index contributed by atoms with van der Waals surface area (Å²) in [5, 5.41) is 0. The number of pyridine rings is 1. The van der Waals surface area contributed by atoms with Gasteiger partial charge in [-0.3, -0.25) is 9.78 Å². The molecule has 3 nitrogen and oxygen atoms in total. The zero-order valence-electron chi connectivity index (χ0n) is 12.8. The third-order valence-electron chi connectivity index (χ3n) is 3.71. The monoisotopic (exact) mass is 300 g/mol. The van der Waals surface area contributed by atoms with Gasteiger partial charge in [0.25, 0.3) is 0 Å². The predicted octanol–water partition coefficient (Wildman–Crippen LogP) is 3.24. The van der Waals surface area contributed by atoms with Crippen LogP contribution in [0.15, 0.2) is 48.8 Å². The van der Waals surface area contributed by atoms with Crippen LogP contribution in [0.5, 0.6) is 0 Å². The number of aryl methyl sites for hydroxylation is 1. The highest BCUT2D eigenvalue weighted by molar-refractivity contribution is 5.75. The Labute approximate surface area is 130 Å². The first-order valence-electron chi connectivity index (χ1n) is 7.53. The number of nitrogens with zero attached hydrogens (tertiary/aromatic N) is 2. The molecule has 0 fully saturated rings. The second-order valence-electron chi connectivity index (χ2n) is 5.37.